The molecule has 0 aliphatic rings. The van der Waals surface area contributed by atoms with Gasteiger partial charge >= 0.3 is 6.01 Å². The maximum absolute atomic E-state index is 5.63. The van der Waals surface area contributed by atoms with Crippen LogP contribution < -0.4 is 15.4 Å². The van der Waals surface area contributed by atoms with E-state index in [0.29, 0.717) is 11.9 Å². The number of hydrogen-bond acceptors (Lipinski definition) is 6. The molecule has 20 heavy (non-hydrogen) atoms. The van der Waals surface area contributed by atoms with Crippen LogP contribution in [0.4, 0.5) is 11.9 Å². The third-order valence-corrected chi connectivity index (χ3v) is 2.14. The van der Waals surface area contributed by atoms with E-state index in [1.807, 2.05) is 27.7 Å². The van der Waals surface area contributed by atoms with E-state index in [0.717, 1.165) is 0 Å². The predicted octanol–water partition coefficient (Wildman–Crippen LogP) is 3.26. The zero-order chi connectivity index (χ0) is 15.3. The third kappa shape index (κ3) is 7.17. The summed E-state index contributed by atoms with van der Waals surface area (Å²) in [6, 6.07) is 0.438. The van der Waals surface area contributed by atoms with Crippen molar-refractivity contribution in [2.45, 2.75) is 43.6 Å². The van der Waals surface area contributed by atoms with Crippen LogP contribution in [0.15, 0.2) is 0 Å². The summed E-state index contributed by atoms with van der Waals surface area (Å²) in [6.07, 6.45) is 0. The zero-order valence-electron chi connectivity index (χ0n) is 11.7. The number of ether oxygens (including phenoxy) is 1. The summed E-state index contributed by atoms with van der Waals surface area (Å²) < 4.78 is 3.75. The minimum absolute atomic E-state index is 0.0950. The standard InChI is InChI=1S/C11H18Cl3N5O/c1-6(2)15-8-17-9(16-7(3)4)19-10(18-8)20-5-11(12,13)14/h6-7H,5H2,1-4H3,(H2,15,16,17,18,19). The van der Waals surface area contributed by atoms with Crippen LogP contribution in [0.3, 0.4) is 0 Å². The van der Waals surface area contributed by atoms with Crippen molar-refractivity contribution < 1.29 is 4.74 Å². The van der Waals surface area contributed by atoms with Gasteiger partial charge in [0.15, 0.2) is 0 Å². The van der Waals surface area contributed by atoms with Gasteiger partial charge in [0.05, 0.1) is 0 Å². The molecule has 0 saturated heterocycles. The molecule has 0 aliphatic carbocycles. The van der Waals surface area contributed by atoms with E-state index >= 15 is 0 Å². The molecular formula is C11H18Cl3N5O. The molecule has 1 aromatic rings. The monoisotopic (exact) mass is 341 g/mol. The molecule has 0 amide bonds. The average Bonchev–Trinajstić information content (AvgIpc) is 2.23. The molecule has 0 aromatic carbocycles. The van der Waals surface area contributed by atoms with Gasteiger partial charge in [-0.05, 0) is 27.7 Å². The highest BCUT2D eigenvalue weighted by Crippen LogP contribution is 2.26. The van der Waals surface area contributed by atoms with Crippen LogP contribution >= 0.6 is 34.8 Å². The number of nitrogens with zero attached hydrogens (tertiary/aromatic N) is 3. The molecule has 0 saturated carbocycles. The summed E-state index contributed by atoms with van der Waals surface area (Å²) in [5.74, 6) is 0.801. The van der Waals surface area contributed by atoms with Crippen molar-refractivity contribution in [3.63, 3.8) is 0 Å². The average molecular weight is 343 g/mol. The summed E-state index contributed by atoms with van der Waals surface area (Å²) in [5, 5.41) is 6.15. The summed E-state index contributed by atoms with van der Waals surface area (Å²) in [4.78, 5) is 12.5. The second-order valence-electron chi connectivity index (χ2n) is 4.77. The van der Waals surface area contributed by atoms with E-state index < -0.39 is 3.79 Å². The van der Waals surface area contributed by atoms with E-state index in [4.69, 9.17) is 39.5 Å². The van der Waals surface area contributed by atoms with Crippen LogP contribution in [-0.4, -0.2) is 37.4 Å². The first-order valence-corrected chi connectivity index (χ1v) is 7.28. The van der Waals surface area contributed by atoms with Crippen LogP contribution in [0.25, 0.3) is 0 Å². The summed E-state index contributed by atoms with van der Waals surface area (Å²) in [5.41, 5.74) is 0. The Morgan fingerprint density at radius 2 is 1.40 bits per heavy atom. The molecule has 0 spiro atoms. The van der Waals surface area contributed by atoms with Crippen LogP contribution in [0.5, 0.6) is 6.01 Å². The van der Waals surface area contributed by atoms with Gasteiger partial charge in [0.1, 0.15) is 6.61 Å². The van der Waals surface area contributed by atoms with Gasteiger partial charge in [0, 0.05) is 12.1 Å². The zero-order valence-corrected chi connectivity index (χ0v) is 14.0. The Labute approximate surface area is 133 Å². The number of halogens is 3. The fourth-order valence-corrected chi connectivity index (χ4v) is 1.38. The van der Waals surface area contributed by atoms with Gasteiger partial charge in [-0.15, -0.1) is 0 Å². The second-order valence-corrected chi connectivity index (χ2v) is 7.28. The number of nitrogens with one attached hydrogen (secondary N) is 2. The summed E-state index contributed by atoms with van der Waals surface area (Å²) in [7, 11) is 0. The first-order chi connectivity index (χ1) is 9.15. The molecule has 6 nitrogen and oxygen atoms in total. The van der Waals surface area contributed by atoms with E-state index in [-0.39, 0.29) is 24.7 Å². The van der Waals surface area contributed by atoms with E-state index in [2.05, 4.69) is 25.6 Å². The normalized spacial score (nSPS) is 11.8. The Kier molecular flexibility index (Phi) is 6.36. The highest BCUT2D eigenvalue weighted by molar-refractivity contribution is 6.67. The first kappa shape index (κ1) is 17.3. The molecule has 1 heterocycles. The minimum Gasteiger partial charge on any atom is -0.459 e. The topological polar surface area (TPSA) is 72.0 Å². The molecule has 0 fully saturated rings. The number of aromatic nitrogens is 3. The molecule has 0 radical (unpaired) electrons. The molecule has 0 atom stereocenters. The van der Waals surface area contributed by atoms with Crippen LogP contribution in [0.1, 0.15) is 27.7 Å². The molecule has 114 valence electrons. The van der Waals surface area contributed by atoms with Crippen molar-refractivity contribution >= 4 is 46.7 Å². The number of hydrogen-bond donors (Lipinski definition) is 2. The predicted molar refractivity (Wildman–Crippen MR) is 83.1 cm³/mol. The molecular weight excluding hydrogens is 325 g/mol. The lowest BCUT2D eigenvalue weighted by molar-refractivity contribution is 0.299. The van der Waals surface area contributed by atoms with Crippen LogP contribution in [-0.2, 0) is 0 Å². The smallest absolute Gasteiger partial charge is 0.323 e. The number of anilines is 2. The van der Waals surface area contributed by atoms with Crippen molar-refractivity contribution in [3.05, 3.63) is 0 Å². The molecule has 9 heteroatoms. The second kappa shape index (κ2) is 7.33. The number of rotatable bonds is 6. The lowest BCUT2D eigenvalue weighted by Crippen LogP contribution is -2.20. The Bertz CT molecular complexity index is 408. The largest absolute Gasteiger partial charge is 0.459 e. The van der Waals surface area contributed by atoms with Gasteiger partial charge < -0.3 is 15.4 Å². The molecule has 0 unspecified atom stereocenters. The van der Waals surface area contributed by atoms with Crippen molar-refractivity contribution in [2.75, 3.05) is 17.2 Å². The number of alkyl halides is 3. The quantitative estimate of drug-likeness (QED) is 0.773. The Balaban J connectivity index is 2.90. The van der Waals surface area contributed by atoms with Crippen molar-refractivity contribution in [3.8, 4) is 6.01 Å². The van der Waals surface area contributed by atoms with Crippen LogP contribution in [0, 0.1) is 0 Å². The van der Waals surface area contributed by atoms with Gasteiger partial charge in [-0.3, -0.25) is 0 Å². The molecule has 1 rings (SSSR count). The minimum atomic E-state index is -1.52. The summed E-state index contributed by atoms with van der Waals surface area (Å²) in [6.45, 7) is 7.74. The highest BCUT2D eigenvalue weighted by atomic mass is 35.6. The van der Waals surface area contributed by atoms with Gasteiger partial charge in [-0.2, -0.15) is 15.0 Å². The van der Waals surface area contributed by atoms with Crippen molar-refractivity contribution in [1.82, 2.24) is 15.0 Å². The maximum atomic E-state index is 5.63. The maximum Gasteiger partial charge on any atom is 0.323 e. The molecule has 0 aliphatic heterocycles. The Morgan fingerprint density at radius 1 is 0.950 bits per heavy atom. The SMILES string of the molecule is CC(C)Nc1nc(NC(C)C)nc(OCC(Cl)(Cl)Cl)n1. The van der Waals surface area contributed by atoms with E-state index in [9.17, 15) is 0 Å². The third-order valence-electron chi connectivity index (χ3n) is 1.82. The van der Waals surface area contributed by atoms with E-state index in [1.54, 1.807) is 0 Å². The fourth-order valence-electron chi connectivity index (χ4n) is 1.21. The molecule has 1 aromatic heterocycles. The highest BCUT2D eigenvalue weighted by Gasteiger charge is 2.22. The summed E-state index contributed by atoms with van der Waals surface area (Å²) >= 11 is 16.9. The van der Waals surface area contributed by atoms with Crippen molar-refractivity contribution in [1.29, 1.82) is 0 Å². The van der Waals surface area contributed by atoms with E-state index in [1.165, 1.54) is 0 Å². The first-order valence-electron chi connectivity index (χ1n) is 6.14. The van der Waals surface area contributed by atoms with Gasteiger partial charge in [-0.25, -0.2) is 0 Å². The Hall–Kier alpha value is -0.720. The lowest BCUT2D eigenvalue weighted by atomic mass is 10.4. The van der Waals surface area contributed by atoms with Crippen molar-refractivity contribution in [2.24, 2.45) is 0 Å². The fraction of sp³-hybridized carbons (Fsp3) is 0.727. The van der Waals surface area contributed by atoms with Gasteiger partial charge in [-0.1, -0.05) is 34.8 Å². The molecule has 2 N–H and O–H groups in total. The molecule has 0 bridgehead atoms. The van der Waals surface area contributed by atoms with Gasteiger partial charge in [0.25, 0.3) is 0 Å². The van der Waals surface area contributed by atoms with Gasteiger partial charge in [0.2, 0.25) is 15.7 Å². The van der Waals surface area contributed by atoms with Crippen LogP contribution in [0.2, 0.25) is 0 Å². The lowest BCUT2D eigenvalue weighted by Gasteiger charge is -2.15. The Morgan fingerprint density at radius 3 is 1.75 bits per heavy atom.